The van der Waals surface area contributed by atoms with E-state index in [0.29, 0.717) is 18.4 Å². The molecule has 0 unspecified atom stereocenters. The van der Waals surface area contributed by atoms with E-state index in [1.165, 1.54) is 23.8 Å². The normalized spacial score (nSPS) is 11.5. The van der Waals surface area contributed by atoms with Crippen molar-refractivity contribution in [3.63, 3.8) is 0 Å². The molecule has 0 aliphatic carbocycles. The summed E-state index contributed by atoms with van der Waals surface area (Å²) in [6.07, 6.45) is 1.24. The van der Waals surface area contributed by atoms with Gasteiger partial charge in [-0.2, -0.15) is 0 Å². The van der Waals surface area contributed by atoms with Gasteiger partial charge in [-0.05, 0) is 44.4 Å². The Labute approximate surface area is 174 Å². The number of carboxylic acids is 1. The van der Waals surface area contributed by atoms with E-state index < -0.39 is 16.0 Å². The molecule has 0 radical (unpaired) electrons. The Morgan fingerprint density at radius 1 is 1.14 bits per heavy atom. The fourth-order valence-corrected chi connectivity index (χ4v) is 4.77. The molecular formula is C21H22N2O4S2. The van der Waals surface area contributed by atoms with Crippen molar-refractivity contribution in [2.75, 3.05) is 6.54 Å². The minimum absolute atomic E-state index is 0.0148. The summed E-state index contributed by atoms with van der Waals surface area (Å²) < 4.78 is 27.4. The SMILES string of the molecule is Cc1ccc(-c2nc(CCCNS(=O)(=O)c3ccc(C)c(C(=O)O)c3)cs2)cc1. The minimum atomic E-state index is -3.76. The molecule has 29 heavy (non-hydrogen) atoms. The van der Waals surface area contributed by atoms with E-state index in [1.54, 1.807) is 18.3 Å². The highest BCUT2D eigenvalue weighted by molar-refractivity contribution is 7.89. The lowest BCUT2D eigenvalue weighted by molar-refractivity contribution is 0.0696. The number of thiazole rings is 1. The summed E-state index contributed by atoms with van der Waals surface area (Å²) in [4.78, 5) is 15.8. The molecule has 1 aromatic heterocycles. The van der Waals surface area contributed by atoms with Gasteiger partial charge in [0.15, 0.2) is 0 Å². The molecule has 0 atom stereocenters. The molecule has 0 saturated carbocycles. The largest absolute Gasteiger partial charge is 0.478 e. The van der Waals surface area contributed by atoms with Crippen molar-refractivity contribution >= 4 is 27.3 Å². The Bertz CT molecular complexity index is 1120. The molecule has 2 aromatic carbocycles. The average Bonchev–Trinajstić information content (AvgIpc) is 3.15. The standard InChI is InChI=1S/C21H22N2O4S2/c1-14-5-8-16(9-6-14)20-23-17(13-28-20)4-3-11-22-29(26,27)18-10-7-15(2)19(12-18)21(24)25/h5-10,12-13,22H,3-4,11H2,1-2H3,(H,24,25). The maximum atomic E-state index is 12.4. The summed E-state index contributed by atoms with van der Waals surface area (Å²) >= 11 is 1.57. The van der Waals surface area contributed by atoms with E-state index in [-0.39, 0.29) is 17.0 Å². The van der Waals surface area contributed by atoms with Gasteiger partial charge in [-0.15, -0.1) is 11.3 Å². The predicted octanol–water partition coefficient (Wildman–Crippen LogP) is 4.04. The van der Waals surface area contributed by atoms with Gasteiger partial charge in [0.05, 0.1) is 16.2 Å². The molecule has 0 aliphatic rings. The van der Waals surface area contributed by atoms with Crippen molar-refractivity contribution in [1.82, 2.24) is 9.71 Å². The lowest BCUT2D eigenvalue weighted by Crippen LogP contribution is -2.25. The van der Waals surface area contributed by atoms with Gasteiger partial charge in [-0.25, -0.2) is 22.9 Å². The number of aromatic carboxylic acids is 1. The molecule has 3 rings (SSSR count). The first-order valence-electron chi connectivity index (χ1n) is 9.11. The van der Waals surface area contributed by atoms with Crippen molar-refractivity contribution < 1.29 is 18.3 Å². The number of hydrogen-bond acceptors (Lipinski definition) is 5. The monoisotopic (exact) mass is 430 g/mol. The van der Waals surface area contributed by atoms with Gasteiger partial charge in [0, 0.05) is 17.5 Å². The van der Waals surface area contributed by atoms with Gasteiger partial charge >= 0.3 is 5.97 Å². The number of carboxylic acid groups (broad SMARTS) is 1. The third kappa shape index (κ3) is 5.29. The van der Waals surface area contributed by atoms with Crippen LogP contribution in [0.4, 0.5) is 0 Å². The van der Waals surface area contributed by atoms with Crippen LogP contribution in [0.2, 0.25) is 0 Å². The Hall–Kier alpha value is -2.55. The molecule has 0 amide bonds. The van der Waals surface area contributed by atoms with E-state index >= 15 is 0 Å². The second-order valence-electron chi connectivity index (χ2n) is 6.79. The van der Waals surface area contributed by atoms with Crippen LogP contribution in [0.5, 0.6) is 0 Å². The second-order valence-corrected chi connectivity index (χ2v) is 9.42. The van der Waals surface area contributed by atoms with Crippen molar-refractivity contribution in [1.29, 1.82) is 0 Å². The molecule has 0 fully saturated rings. The van der Waals surface area contributed by atoms with Crippen molar-refractivity contribution in [3.8, 4) is 10.6 Å². The Morgan fingerprint density at radius 2 is 1.86 bits per heavy atom. The Balaban J connectivity index is 1.57. The van der Waals surface area contributed by atoms with Crippen LogP contribution >= 0.6 is 11.3 Å². The van der Waals surface area contributed by atoms with E-state index in [4.69, 9.17) is 0 Å². The van der Waals surface area contributed by atoms with Crippen LogP contribution in [0, 0.1) is 13.8 Å². The van der Waals surface area contributed by atoms with Crippen LogP contribution in [0.1, 0.15) is 33.6 Å². The summed E-state index contributed by atoms with van der Waals surface area (Å²) in [6, 6.07) is 12.3. The minimum Gasteiger partial charge on any atom is -0.478 e. The average molecular weight is 431 g/mol. The molecule has 8 heteroatoms. The zero-order valence-electron chi connectivity index (χ0n) is 16.2. The van der Waals surface area contributed by atoms with Crippen LogP contribution in [0.25, 0.3) is 10.6 Å². The summed E-state index contributed by atoms with van der Waals surface area (Å²) in [5.41, 5.74) is 3.69. The lowest BCUT2D eigenvalue weighted by atomic mass is 10.1. The number of nitrogens with one attached hydrogen (secondary N) is 1. The highest BCUT2D eigenvalue weighted by atomic mass is 32.2. The maximum Gasteiger partial charge on any atom is 0.335 e. The van der Waals surface area contributed by atoms with Crippen LogP contribution in [0.3, 0.4) is 0 Å². The van der Waals surface area contributed by atoms with Crippen LogP contribution in [0.15, 0.2) is 52.7 Å². The summed E-state index contributed by atoms with van der Waals surface area (Å²) in [6.45, 7) is 3.92. The topological polar surface area (TPSA) is 96.4 Å². The first kappa shape index (κ1) is 21.2. The molecule has 0 saturated heterocycles. The highest BCUT2D eigenvalue weighted by Crippen LogP contribution is 2.24. The highest BCUT2D eigenvalue weighted by Gasteiger charge is 2.17. The van der Waals surface area contributed by atoms with E-state index in [2.05, 4.69) is 9.71 Å². The number of nitrogens with zero attached hydrogens (tertiary/aromatic N) is 1. The van der Waals surface area contributed by atoms with E-state index in [1.807, 2.05) is 36.6 Å². The van der Waals surface area contributed by atoms with E-state index in [0.717, 1.165) is 16.3 Å². The predicted molar refractivity (Wildman–Crippen MR) is 114 cm³/mol. The van der Waals surface area contributed by atoms with Gasteiger partial charge in [-0.3, -0.25) is 0 Å². The molecule has 2 N–H and O–H groups in total. The number of aryl methyl sites for hydroxylation is 3. The Kier molecular flexibility index (Phi) is 6.46. The molecule has 0 aliphatic heterocycles. The number of hydrogen-bond donors (Lipinski definition) is 2. The van der Waals surface area contributed by atoms with Crippen molar-refractivity contribution in [2.24, 2.45) is 0 Å². The quantitative estimate of drug-likeness (QED) is 0.526. The smallest absolute Gasteiger partial charge is 0.335 e. The lowest BCUT2D eigenvalue weighted by Gasteiger charge is -2.08. The molecule has 3 aromatic rings. The summed E-state index contributed by atoms with van der Waals surface area (Å²) in [7, 11) is -3.76. The van der Waals surface area contributed by atoms with Crippen LogP contribution in [-0.4, -0.2) is 31.0 Å². The number of sulfonamides is 1. The van der Waals surface area contributed by atoms with Crippen LogP contribution in [-0.2, 0) is 16.4 Å². The van der Waals surface area contributed by atoms with Crippen LogP contribution < -0.4 is 4.72 Å². The number of aromatic nitrogens is 1. The molecular weight excluding hydrogens is 408 g/mol. The summed E-state index contributed by atoms with van der Waals surface area (Å²) in [5.74, 6) is -1.15. The first-order valence-corrected chi connectivity index (χ1v) is 11.5. The van der Waals surface area contributed by atoms with Crippen molar-refractivity contribution in [2.45, 2.75) is 31.6 Å². The Morgan fingerprint density at radius 3 is 2.55 bits per heavy atom. The van der Waals surface area contributed by atoms with Crippen molar-refractivity contribution in [3.05, 3.63) is 70.2 Å². The number of carbonyl (C=O) groups is 1. The summed E-state index contributed by atoms with van der Waals surface area (Å²) in [5, 5.41) is 12.1. The fraction of sp³-hybridized carbons (Fsp3) is 0.238. The van der Waals surface area contributed by atoms with Gasteiger partial charge in [0.1, 0.15) is 5.01 Å². The molecule has 1 heterocycles. The molecule has 0 bridgehead atoms. The maximum absolute atomic E-state index is 12.4. The second kappa shape index (κ2) is 8.86. The number of rotatable bonds is 8. The molecule has 152 valence electrons. The van der Waals surface area contributed by atoms with Gasteiger partial charge in [0.2, 0.25) is 10.0 Å². The first-order chi connectivity index (χ1) is 13.8. The zero-order chi connectivity index (χ0) is 21.0. The third-order valence-electron chi connectivity index (χ3n) is 4.50. The van der Waals surface area contributed by atoms with Gasteiger partial charge in [-0.1, -0.05) is 35.9 Å². The molecule has 6 nitrogen and oxygen atoms in total. The van der Waals surface area contributed by atoms with E-state index in [9.17, 15) is 18.3 Å². The fourth-order valence-electron chi connectivity index (χ4n) is 2.81. The number of benzene rings is 2. The third-order valence-corrected chi connectivity index (χ3v) is 6.90. The van der Waals surface area contributed by atoms with Gasteiger partial charge in [0.25, 0.3) is 0 Å². The molecule has 0 spiro atoms. The van der Waals surface area contributed by atoms with Gasteiger partial charge < -0.3 is 5.11 Å². The zero-order valence-corrected chi connectivity index (χ0v) is 17.8.